The van der Waals surface area contributed by atoms with Gasteiger partial charge in [0, 0.05) is 44.2 Å². The molecular formula is C50H45N3S. The van der Waals surface area contributed by atoms with Crippen molar-refractivity contribution < 1.29 is 0 Å². The minimum Gasteiger partial charge on any atom is -0.309 e. The van der Waals surface area contributed by atoms with Crippen LogP contribution in [-0.4, -0.2) is 33.6 Å². The van der Waals surface area contributed by atoms with E-state index in [0.717, 1.165) is 28.3 Å². The van der Waals surface area contributed by atoms with Crippen LogP contribution in [0.3, 0.4) is 0 Å². The molecule has 54 heavy (non-hydrogen) atoms. The largest absolute Gasteiger partial charge is 0.309 e. The van der Waals surface area contributed by atoms with E-state index in [0.29, 0.717) is 0 Å². The predicted molar refractivity (Wildman–Crippen MR) is 239 cm³/mol. The van der Waals surface area contributed by atoms with Crippen LogP contribution in [0.4, 0.5) is 0 Å². The summed E-state index contributed by atoms with van der Waals surface area (Å²) in [6, 6.07) is 48.9. The van der Waals surface area contributed by atoms with Gasteiger partial charge in [-0.25, -0.2) is 10.0 Å². The summed E-state index contributed by atoms with van der Waals surface area (Å²) in [5, 5.41) is 4.95. The highest BCUT2D eigenvalue weighted by Crippen LogP contribution is 2.48. The molecule has 0 aliphatic rings. The quantitative estimate of drug-likeness (QED) is 0.105. The van der Waals surface area contributed by atoms with Crippen molar-refractivity contribution in [2.45, 2.75) is 18.7 Å². The van der Waals surface area contributed by atoms with Crippen LogP contribution in [0.1, 0.15) is 19.4 Å². The molecule has 0 fully saturated rings. The molecule has 0 spiro atoms. The summed E-state index contributed by atoms with van der Waals surface area (Å²) in [6.45, 7) is 8.47. The lowest BCUT2D eigenvalue weighted by molar-refractivity contribution is 1.17. The molecule has 0 bridgehead atoms. The van der Waals surface area contributed by atoms with Gasteiger partial charge in [0.1, 0.15) is 0 Å². The fourth-order valence-corrected chi connectivity index (χ4v) is 8.38. The van der Waals surface area contributed by atoms with Crippen LogP contribution in [0.15, 0.2) is 186 Å². The van der Waals surface area contributed by atoms with Crippen LogP contribution in [-0.2, 0) is 0 Å². The van der Waals surface area contributed by atoms with Crippen LogP contribution in [0.5, 0.6) is 0 Å². The van der Waals surface area contributed by atoms with Gasteiger partial charge in [-0.1, -0.05) is 104 Å². The molecule has 3 nitrogen and oxygen atoms in total. The Hall–Kier alpha value is -6.10. The Bertz CT molecular complexity index is 2830. The van der Waals surface area contributed by atoms with E-state index in [9.17, 15) is 0 Å². The first kappa shape index (κ1) is 35.0. The van der Waals surface area contributed by atoms with Crippen molar-refractivity contribution in [1.29, 1.82) is 0 Å². The number of para-hydroxylation sites is 3. The van der Waals surface area contributed by atoms with Crippen molar-refractivity contribution in [3.8, 4) is 22.5 Å². The average molecular weight is 720 g/mol. The lowest BCUT2D eigenvalue weighted by Gasteiger charge is -2.27. The number of hydrogen-bond acceptors (Lipinski definition) is 1. The number of nitrogens with zero attached hydrogens (tertiary/aromatic N) is 3. The molecular weight excluding hydrogens is 675 g/mol. The molecule has 0 N–H and O–H groups in total. The lowest BCUT2D eigenvalue weighted by Crippen LogP contribution is -1.97. The van der Waals surface area contributed by atoms with Gasteiger partial charge < -0.3 is 9.13 Å². The molecule has 0 unspecified atom stereocenters. The van der Waals surface area contributed by atoms with E-state index in [1.807, 2.05) is 50.3 Å². The van der Waals surface area contributed by atoms with Crippen LogP contribution in [0, 0.1) is 0 Å². The highest BCUT2D eigenvalue weighted by atomic mass is 32.3. The topological polar surface area (TPSA) is 22.2 Å². The van der Waals surface area contributed by atoms with Gasteiger partial charge in [-0.2, -0.15) is 0 Å². The van der Waals surface area contributed by atoms with Gasteiger partial charge in [0.15, 0.2) is 0 Å². The minimum atomic E-state index is -1.04. The van der Waals surface area contributed by atoms with E-state index in [1.54, 1.807) is 0 Å². The Labute approximate surface area is 319 Å². The van der Waals surface area contributed by atoms with Crippen molar-refractivity contribution in [1.82, 2.24) is 9.13 Å². The molecule has 0 saturated carbocycles. The molecule has 0 atom stereocenters. The zero-order valence-corrected chi connectivity index (χ0v) is 32.4. The van der Waals surface area contributed by atoms with Crippen molar-refractivity contribution in [3.63, 3.8) is 0 Å². The Morgan fingerprint density at radius 1 is 0.556 bits per heavy atom. The molecule has 0 radical (unpaired) electrons. The van der Waals surface area contributed by atoms with E-state index in [2.05, 4.69) is 168 Å². The van der Waals surface area contributed by atoms with Crippen LogP contribution in [0.25, 0.3) is 71.8 Å². The first-order valence-electron chi connectivity index (χ1n) is 18.4. The van der Waals surface area contributed by atoms with Gasteiger partial charge in [-0.15, -0.1) is 0 Å². The third kappa shape index (κ3) is 6.55. The van der Waals surface area contributed by atoms with Crippen LogP contribution < -0.4 is 0 Å². The monoisotopic (exact) mass is 719 g/mol. The van der Waals surface area contributed by atoms with Gasteiger partial charge in [0.05, 0.1) is 27.8 Å². The zero-order valence-electron chi connectivity index (χ0n) is 31.6. The zero-order chi connectivity index (χ0) is 37.4. The summed E-state index contributed by atoms with van der Waals surface area (Å²) in [6.07, 6.45) is 19.1. The molecule has 8 aromatic rings. The van der Waals surface area contributed by atoms with Crippen molar-refractivity contribution in [3.05, 3.63) is 182 Å². The fraction of sp³-hybridized carbons (Fsp3) is 0.100. The maximum atomic E-state index is 4.91. The number of aliphatic imine (C=N–C) groups is 1. The van der Waals surface area contributed by atoms with Gasteiger partial charge >= 0.3 is 0 Å². The summed E-state index contributed by atoms with van der Waals surface area (Å²) in [5.41, 5.74) is 12.1. The standard InChI is InChI=1S/C50H45N3S/c1-7-8-9-10-12-19-35(2)51-36(3)38-30-39(32-42(31-38)54(4,5)6)37-26-28-45-43-22-15-17-24-47(43)53(50(45)33-37)41-27-29-49-46(34-41)44-23-16-18-25-48(44)52(49)40-20-13-11-14-21-40/h7-34H,3H2,1-2,4-6H3/b8-7-,10-9-,19-12+,51-35?. The number of hydrogen-bond donors (Lipinski definition) is 0. The third-order valence-electron chi connectivity index (χ3n) is 10.1. The molecule has 0 amide bonds. The Balaban J connectivity index is 1.29. The number of fused-ring (bicyclic) bond motifs is 6. The van der Waals surface area contributed by atoms with E-state index < -0.39 is 10.0 Å². The third-order valence-corrected chi connectivity index (χ3v) is 11.7. The summed E-state index contributed by atoms with van der Waals surface area (Å²) in [4.78, 5) is 6.24. The van der Waals surface area contributed by atoms with Crippen molar-refractivity contribution >= 4 is 65.0 Å². The fourth-order valence-electron chi connectivity index (χ4n) is 7.42. The molecule has 6 aromatic carbocycles. The first-order chi connectivity index (χ1) is 26.2. The van der Waals surface area contributed by atoms with Crippen LogP contribution in [0.2, 0.25) is 0 Å². The molecule has 0 saturated heterocycles. The molecule has 8 rings (SSSR count). The van der Waals surface area contributed by atoms with E-state index in [4.69, 9.17) is 4.99 Å². The molecule has 0 aliphatic heterocycles. The maximum absolute atomic E-state index is 4.91. The average Bonchev–Trinajstić information content (AvgIpc) is 3.69. The van der Waals surface area contributed by atoms with Crippen molar-refractivity contribution in [2.75, 3.05) is 18.8 Å². The second kappa shape index (κ2) is 14.4. The first-order valence-corrected chi connectivity index (χ1v) is 21.2. The Kier molecular flexibility index (Phi) is 9.31. The van der Waals surface area contributed by atoms with Gasteiger partial charge in [-0.05, 0) is 121 Å². The minimum absolute atomic E-state index is 0.763. The SMILES string of the molecule is C=C(N=C(C)/C=C/C=C\C=C/C)c1cc(-c2ccc3c4ccccc4n(-c4ccc5c(c4)c4ccccc4n5-c4ccccc4)c3c2)cc(S(C)(C)C)c1. The molecule has 0 aliphatic carbocycles. The maximum Gasteiger partial charge on any atom is 0.0634 e. The Morgan fingerprint density at radius 3 is 1.91 bits per heavy atom. The highest BCUT2D eigenvalue weighted by molar-refractivity contribution is 8.32. The van der Waals surface area contributed by atoms with Gasteiger partial charge in [0.25, 0.3) is 0 Å². The summed E-state index contributed by atoms with van der Waals surface area (Å²) in [5.74, 6) is 0. The number of allylic oxidation sites excluding steroid dienone is 6. The lowest BCUT2D eigenvalue weighted by atomic mass is 10.0. The summed E-state index contributed by atoms with van der Waals surface area (Å²) in [7, 11) is -1.04. The number of aromatic nitrogens is 2. The van der Waals surface area contributed by atoms with Crippen molar-refractivity contribution in [2.24, 2.45) is 4.99 Å². The number of rotatable bonds is 9. The molecule has 2 aromatic heterocycles. The molecule has 266 valence electrons. The van der Waals surface area contributed by atoms with Gasteiger partial charge in [0.2, 0.25) is 0 Å². The van der Waals surface area contributed by atoms with E-state index in [-0.39, 0.29) is 0 Å². The van der Waals surface area contributed by atoms with Gasteiger partial charge in [-0.3, -0.25) is 4.99 Å². The normalized spacial score (nSPS) is 13.2. The number of benzene rings is 6. The van der Waals surface area contributed by atoms with E-state index in [1.165, 1.54) is 59.6 Å². The predicted octanol–water partition coefficient (Wildman–Crippen LogP) is 13.7. The smallest absolute Gasteiger partial charge is 0.0634 e. The molecule has 4 heteroatoms. The second-order valence-corrected chi connectivity index (χ2v) is 18.7. The summed E-state index contributed by atoms with van der Waals surface area (Å²) >= 11 is 0. The summed E-state index contributed by atoms with van der Waals surface area (Å²) < 4.78 is 4.81. The Morgan fingerprint density at radius 2 is 1.19 bits per heavy atom. The second-order valence-electron chi connectivity index (χ2n) is 14.5. The molecule has 2 heterocycles. The highest BCUT2D eigenvalue weighted by Gasteiger charge is 2.18. The van der Waals surface area contributed by atoms with Crippen LogP contribution >= 0.6 is 10.0 Å². The van der Waals surface area contributed by atoms with E-state index >= 15 is 0 Å².